The van der Waals surface area contributed by atoms with Crippen molar-refractivity contribution in [2.75, 3.05) is 46.4 Å². The second-order valence-electron chi connectivity index (χ2n) is 7.31. The molecular formula is C22H38N4O. The number of hydrogen-bond acceptors (Lipinski definition) is 3. The van der Waals surface area contributed by atoms with Crippen LogP contribution in [0.15, 0.2) is 35.3 Å². The molecule has 1 aliphatic rings. The van der Waals surface area contributed by atoms with Gasteiger partial charge in [0.25, 0.3) is 0 Å². The maximum absolute atomic E-state index is 5.74. The number of rotatable bonds is 11. The van der Waals surface area contributed by atoms with E-state index in [-0.39, 0.29) is 0 Å². The summed E-state index contributed by atoms with van der Waals surface area (Å²) in [6.07, 6.45) is 6.82. The summed E-state index contributed by atoms with van der Waals surface area (Å²) in [5, 5.41) is 7.02. The molecule has 1 heterocycles. The van der Waals surface area contributed by atoms with Gasteiger partial charge in [-0.15, -0.1) is 0 Å². The molecule has 0 aliphatic carbocycles. The van der Waals surface area contributed by atoms with Gasteiger partial charge >= 0.3 is 0 Å². The van der Waals surface area contributed by atoms with Crippen LogP contribution >= 0.6 is 0 Å². The minimum absolute atomic E-state index is 0.547. The van der Waals surface area contributed by atoms with Crippen molar-refractivity contribution in [3.05, 3.63) is 35.9 Å². The lowest BCUT2D eigenvalue weighted by Gasteiger charge is -2.32. The standard InChI is InChI=1S/C22H38N4O/c1-3-15-26-16-11-21(12-17-26)25-22(23-2)24-14-7-8-18-27-19-13-20-9-5-4-6-10-20/h4-6,9-10,21H,3,7-8,11-19H2,1-2H3,(H2,23,24,25). The molecule has 27 heavy (non-hydrogen) atoms. The van der Waals surface area contributed by atoms with Crippen LogP contribution in [0.3, 0.4) is 0 Å². The minimum atomic E-state index is 0.547. The average molecular weight is 375 g/mol. The van der Waals surface area contributed by atoms with Crippen molar-refractivity contribution in [1.82, 2.24) is 15.5 Å². The molecule has 0 atom stereocenters. The van der Waals surface area contributed by atoms with Crippen LogP contribution in [0, 0.1) is 0 Å². The van der Waals surface area contributed by atoms with E-state index in [1.54, 1.807) is 0 Å². The molecular weight excluding hydrogens is 336 g/mol. The molecule has 0 radical (unpaired) electrons. The maximum atomic E-state index is 5.74. The van der Waals surface area contributed by atoms with Crippen molar-refractivity contribution in [2.45, 2.75) is 51.5 Å². The van der Waals surface area contributed by atoms with E-state index in [4.69, 9.17) is 4.74 Å². The molecule has 0 bridgehead atoms. The number of aliphatic imine (C=N–C) groups is 1. The van der Waals surface area contributed by atoms with Crippen LogP contribution in [-0.2, 0) is 11.2 Å². The molecule has 2 rings (SSSR count). The van der Waals surface area contributed by atoms with Gasteiger partial charge in [0, 0.05) is 39.3 Å². The highest BCUT2D eigenvalue weighted by Crippen LogP contribution is 2.10. The Kier molecular flexibility index (Phi) is 10.9. The number of piperidine rings is 1. The molecule has 1 aromatic carbocycles. The summed E-state index contributed by atoms with van der Waals surface area (Å²) in [6.45, 7) is 8.45. The van der Waals surface area contributed by atoms with Gasteiger partial charge < -0.3 is 20.3 Å². The van der Waals surface area contributed by atoms with Crippen LogP contribution in [0.2, 0.25) is 0 Å². The van der Waals surface area contributed by atoms with Gasteiger partial charge in [-0.05, 0) is 50.6 Å². The van der Waals surface area contributed by atoms with Crippen LogP contribution in [0.4, 0.5) is 0 Å². The summed E-state index contributed by atoms with van der Waals surface area (Å²) < 4.78 is 5.74. The minimum Gasteiger partial charge on any atom is -0.381 e. The van der Waals surface area contributed by atoms with Crippen molar-refractivity contribution < 1.29 is 4.74 Å². The Labute approximate surface area is 165 Å². The number of unbranched alkanes of at least 4 members (excludes halogenated alkanes) is 1. The van der Waals surface area contributed by atoms with E-state index in [1.165, 1.54) is 44.5 Å². The first-order chi connectivity index (χ1) is 13.3. The number of benzene rings is 1. The zero-order valence-electron chi connectivity index (χ0n) is 17.3. The zero-order valence-corrected chi connectivity index (χ0v) is 17.3. The van der Waals surface area contributed by atoms with E-state index in [2.05, 4.69) is 57.8 Å². The van der Waals surface area contributed by atoms with Crippen molar-refractivity contribution in [2.24, 2.45) is 4.99 Å². The molecule has 1 aliphatic heterocycles. The summed E-state index contributed by atoms with van der Waals surface area (Å²) >= 11 is 0. The molecule has 1 aromatic rings. The summed E-state index contributed by atoms with van der Waals surface area (Å²) in [4.78, 5) is 6.93. The van der Waals surface area contributed by atoms with Gasteiger partial charge in [0.2, 0.25) is 0 Å². The number of likely N-dealkylation sites (tertiary alicyclic amines) is 1. The van der Waals surface area contributed by atoms with Gasteiger partial charge in [0.15, 0.2) is 5.96 Å². The lowest BCUT2D eigenvalue weighted by molar-refractivity contribution is 0.133. The number of nitrogens with zero attached hydrogens (tertiary/aromatic N) is 2. The highest BCUT2D eigenvalue weighted by atomic mass is 16.5. The molecule has 1 fully saturated rings. The number of guanidine groups is 1. The third-order valence-corrected chi connectivity index (χ3v) is 5.08. The van der Waals surface area contributed by atoms with Crippen LogP contribution in [0.25, 0.3) is 0 Å². The average Bonchev–Trinajstić information content (AvgIpc) is 2.71. The molecule has 0 amide bonds. The van der Waals surface area contributed by atoms with Gasteiger partial charge in [-0.1, -0.05) is 37.3 Å². The quantitative estimate of drug-likeness (QED) is 0.355. The highest BCUT2D eigenvalue weighted by Gasteiger charge is 2.19. The monoisotopic (exact) mass is 374 g/mol. The molecule has 0 spiro atoms. The molecule has 0 aromatic heterocycles. The second-order valence-corrected chi connectivity index (χ2v) is 7.31. The number of nitrogens with one attached hydrogen (secondary N) is 2. The maximum Gasteiger partial charge on any atom is 0.191 e. The van der Waals surface area contributed by atoms with Crippen molar-refractivity contribution in [3.63, 3.8) is 0 Å². The lowest BCUT2D eigenvalue weighted by atomic mass is 10.1. The number of hydrogen-bond donors (Lipinski definition) is 2. The molecule has 5 heteroatoms. The second kappa shape index (κ2) is 13.6. The molecule has 5 nitrogen and oxygen atoms in total. The third-order valence-electron chi connectivity index (χ3n) is 5.08. The van der Waals surface area contributed by atoms with Crippen molar-refractivity contribution in [1.29, 1.82) is 0 Å². The van der Waals surface area contributed by atoms with Gasteiger partial charge in [-0.25, -0.2) is 0 Å². The van der Waals surface area contributed by atoms with E-state index in [0.717, 1.165) is 45.0 Å². The SMILES string of the molecule is CCCN1CCC(NC(=NC)NCCCCOCCc2ccccc2)CC1. The van der Waals surface area contributed by atoms with E-state index >= 15 is 0 Å². The Morgan fingerprint density at radius 2 is 1.93 bits per heavy atom. The normalized spacial score (nSPS) is 16.4. The Morgan fingerprint density at radius 1 is 1.15 bits per heavy atom. The fourth-order valence-electron chi connectivity index (χ4n) is 3.48. The van der Waals surface area contributed by atoms with Gasteiger partial charge in [0.05, 0.1) is 6.61 Å². The summed E-state index contributed by atoms with van der Waals surface area (Å²) in [7, 11) is 1.86. The van der Waals surface area contributed by atoms with E-state index in [0.29, 0.717) is 6.04 Å². The Hall–Kier alpha value is -1.59. The predicted octanol–water partition coefficient (Wildman–Crippen LogP) is 3.07. The van der Waals surface area contributed by atoms with Gasteiger partial charge in [0.1, 0.15) is 0 Å². The van der Waals surface area contributed by atoms with Crippen molar-refractivity contribution in [3.8, 4) is 0 Å². The first-order valence-corrected chi connectivity index (χ1v) is 10.6. The van der Waals surface area contributed by atoms with E-state index in [1.807, 2.05) is 7.05 Å². The summed E-state index contributed by atoms with van der Waals surface area (Å²) in [5.41, 5.74) is 1.34. The van der Waals surface area contributed by atoms with Crippen molar-refractivity contribution >= 4 is 5.96 Å². The summed E-state index contributed by atoms with van der Waals surface area (Å²) in [6, 6.07) is 11.1. The molecule has 0 unspecified atom stereocenters. The largest absolute Gasteiger partial charge is 0.381 e. The highest BCUT2D eigenvalue weighted by molar-refractivity contribution is 5.79. The molecule has 0 saturated carbocycles. The molecule has 1 saturated heterocycles. The Bertz CT molecular complexity index is 512. The van der Waals surface area contributed by atoms with E-state index in [9.17, 15) is 0 Å². The van der Waals surface area contributed by atoms with Gasteiger partial charge in [-0.3, -0.25) is 4.99 Å². The fourth-order valence-corrected chi connectivity index (χ4v) is 3.48. The lowest BCUT2D eigenvalue weighted by Crippen LogP contribution is -2.48. The third kappa shape index (κ3) is 9.25. The Balaban J connectivity index is 1.46. The summed E-state index contributed by atoms with van der Waals surface area (Å²) in [5.74, 6) is 0.939. The topological polar surface area (TPSA) is 48.9 Å². The predicted molar refractivity (Wildman–Crippen MR) is 114 cm³/mol. The first kappa shape index (κ1) is 21.7. The number of ether oxygens (including phenoxy) is 1. The van der Waals surface area contributed by atoms with Gasteiger partial charge in [-0.2, -0.15) is 0 Å². The van der Waals surface area contributed by atoms with Crippen LogP contribution in [0.5, 0.6) is 0 Å². The van der Waals surface area contributed by atoms with Crippen LogP contribution in [-0.4, -0.2) is 63.3 Å². The zero-order chi connectivity index (χ0) is 19.2. The molecule has 2 N–H and O–H groups in total. The van der Waals surface area contributed by atoms with E-state index < -0.39 is 0 Å². The molecule has 152 valence electrons. The van der Waals surface area contributed by atoms with Crippen LogP contribution in [0.1, 0.15) is 44.6 Å². The Morgan fingerprint density at radius 3 is 2.63 bits per heavy atom. The first-order valence-electron chi connectivity index (χ1n) is 10.6. The fraction of sp³-hybridized carbons (Fsp3) is 0.682. The van der Waals surface area contributed by atoms with Crippen LogP contribution < -0.4 is 10.6 Å². The smallest absolute Gasteiger partial charge is 0.191 e.